The molecular weight excluding hydrogens is 487 g/mol. The molecule has 1 aliphatic carbocycles. The fraction of sp³-hybridized carbons (Fsp3) is 0.346. The number of fused-ring (bicyclic) bond motifs is 2. The number of nitrogens with zero attached hydrogens (tertiary/aromatic N) is 2. The number of rotatable bonds is 7. The summed E-state index contributed by atoms with van der Waals surface area (Å²) in [5, 5.41) is 3.55. The van der Waals surface area contributed by atoms with Crippen LogP contribution in [0.5, 0.6) is 0 Å². The number of carbonyl (C=O) groups is 3. The Balaban J connectivity index is 1.38. The van der Waals surface area contributed by atoms with Crippen LogP contribution in [0.25, 0.3) is 10.9 Å². The number of likely N-dealkylation sites (tertiary alicyclic amines) is 1. The molecule has 8 nitrogen and oxygen atoms in total. The molecule has 0 spiro atoms. The number of piperidine rings is 1. The summed E-state index contributed by atoms with van der Waals surface area (Å²) < 4.78 is 21.0. The minimum absolute atomic E-state index is 0.0113. The minimum atomic E-state index is -0.671. The average Bonchev–Trinajstić information content (AvgIpc) is 3.26. The molecule has 2 aromatic carbocycles. The predicted octanol–water partition coefficient (Wildman–Crippen LogP) is 4.57. The summed E-state index contributed by atoms with van der Waals surface area (Å²) in [6, 6.07) is 9.88. The van der Waals surface area contributed by atoms with Gasteiger partial charge in [0.1, 0.15) is 5.82 Å². The molecule has 10 heteroatoms. The third-order valence-corrected chi connectivity index (χ3v) is 7.61. The van der Waals surface area contributed by atoms with E-state index in [0.29, 0.717) is 35.2 Å². The normalized spacial score (nSPS) is 22.5. The molecular formula is C26H26ClFN4O4. The second kappa shape index (κ2) is 9.22. The van der Waals surface area contributed by atoms with Crippen molar-refractivity contribution in [2.45, 2.75) is 37.8 Å². The fourth-order valence-electron chi connectivity index (χ4n) is 5.50. The lowest BCUT2D eigenvalue weighted by molar-refractivity contribution is -0.123. The molecule has 1 saturated heterocycles. The number of Topliss-reactive ketones (excluding diaryl/α,β-unsaturated/α-hetero) is 1. The molecule has 3 N–H and O–H groups in total. The molecule has 0 bridgehead atoms. The Morgan fingerprint density at radius 1 is 1.19 bits per heavy atom. The SMILES string of the molecule is COC[C@@]12C[C@@H](C(=O)CCc3cccc(Cl)c3F)N(C(=O)Nc3cn(C(N)=O)c4ccccc34)[C@@H]1C2. The van der Waals surface area contributed by atoms with Crippen molar-refractivity contribution < 1.29 is 23.5 Å². The molecule has 3 aromatic rings. The number of amides is 3. The van der Waals surface area contributed by atoms with Crippen LogP contribution in [-0.4, -0.2) is 53.1 Å². The number of ether oxygens (including phenoxy) is 1. The van der Waals surface area contributed by atoms with E-state index in [1.165, 1.54) is 16.8 Å². The topological polar surface area (TPSA) is 107 Å². The van der Waals surface area contributed by atoms with Crippen molar-refractivity contribution in [1.82, 2.24) is 9.47 Å². The Bertz CT molecular complexity index is 1380. The van der Waals surface area contributed by atoms with Crippen molar-refractivity contribution in [3.63, 3.8) is 0 Å². The molecule has 1 aliphatic heterocycles. The van der Waals surface area contributed by atoms with E-state index in [-0.39, 0.29) is 35.1 Å². The summed E-state index contributed by atoms with van der Waals surface area (Å²) in [5.41, 5.74) is 6.58. The number of nitrogens with two attached hydrogens (primary N) is 1. The van der Waals surface area contributed by atoms with Gasteiger partial charge in [-0.3, -0.25) is 9.36 Å². The molecule has 2 aliphatic rings. The molecule has 5 rings (SSSR count). The molecule has 0 unspecified atom stereocenters. The maximum atomic E-state index is 14.3. The van der Waals surface area contributed by atoms with Gasteiger partial charge in [-0.2, -0.15) is 0 Å². The van der Waals surface area contributed by atoms with Gasteiger partial charge in [0.25, 0.3) is 0 Å². The Morgan fingerprint density at radius 3 is 2.72 bits per heavy atom. The number of benzene rings is 2. The van der Waals surface area contributed by atoms with Crippen molar-refractivity contribution in [1.29, 1.82) is 0 Å². The van der Waals surface area contributed by atoms with Crippen molar-refractivity contribution in [2.75, 3.05) is 19.0 Å². The highest BCUT2D eigenvalue weighted by Gasteiger charge is 2.67. The Morgan fingerprint density at radius 2 is 1.97 bits per heavy atom. The number of nitrogens with one attached hydrogen (secondary N) is 1. The average molecular weight is 513 g/mol. The number of aryl methyl sites for hydroxylation is 1. The number of carbonyl (C=O) groups excluding carboxylic acids is 3. The van der Waals surface area contributed by atoms with E-state index >= 15 is 0 Å². The van der Waals surface area contributed by atoms with Crippen molar-refractivity contribution >= 4 is 46.0 Å². The smallest absolute Gasteiger partial charge is 0.323 e. The van der Waals surface area contributed by atoms with Crippen LogP contribution in [0.2, 0.25) is 5.02 Å². The highest BCUT2D eigenvalue weighted by atomic mass is 35.5. The monoisotopic (exact) mass is 512 g/mol. The van der Waals surface area contributed by atoms with Crippen molar-refractivity contribution in [2.24, 2.45) is 11.1 Å². The second-order valence-corrected chi connectivity index (χ2v) is 9.93. The molecule has 1 aromatic heterocycles. The summed E-state index contributed by atoms with van der Waals surface area (Å²) in [5.74, 6) is -0.677. The highest BCUT2D eigenvalue weighted by molar-refractivity contribution is 6.30. The molecule has 3 atom stereocenters. The van der Waals surface area contributed by atoms with Gasteiger partial charge in [-0.1, -0.05) is 41.9 Å². The number of anilines is 1. The van der Waals surface area contributed by atoms with Gasteiger partial charge < -0.3 is 20.7 Å². The molecule has 0 radical (unpaired) electrons. The molecule has 3 amide bonds. The van der Waals surface area contributed by atoms with Gasteiger partial charge in [0.2, 0.25) is 0 Å². The molecule has 188 valence electrons. The number of ketones is 1. The van der Waals surface area contributed by atoms with Crippen molar-refractivity contribution in [3.8, 4) is 0 Å². The first kappa shape index (κ1) is 24.3. The van der Waals surface area contributed by atoms with Gasteiger partial charge >= 0.3 is 12.1 Å². The number of para-hydroxylation sites is 1. The van der Waals surface area contributed by atoms with Gasteiger partial charge in [0, 0.05) is 36.6 Å². The maximum absolute atomic E-state index is 14.3. The van der Waals surface area contributed by atoms with E-state index in [1.54, 1.807) is 48.4 Å². The first-order chi connectivity index (χ1) is 17.3. The number of hydrogen-bond acceptors (Lipinski definition) is 4. The molecule has 36 heavy (non-hydrogen) atoms. The number of hydrogen-bond donors (Lipinski definition) is 2. The second-order valence-electron chi connectivity index (χ2n) is 9.52. The predicted molar refractivity (Wildman–Crippen MR) is 134 cm³/mol. The first-order valence-electron chi connectivity index (χ1n) is 11.7. The van der Waals surface area contributed by atoms with Gasteiger partial charge in [0.15, 0.2) is 5.78 Å². The number of halogens is 2. The van der Waals surface area contributed by atoms with Crippen molar-refractivity contribution in [3.05, 3.63) is 65.1 Å². The lowest BCUT2D eigenvalue weighted by atomic mass is 9.95. The standard InChI is InChI=1S/C26H26ClFN4O4/c1-36-14-26-11-20(21(33)10-9-15-5-4-7-17(27)23(15)28)32(22(26)12-26)25(35)30-18-13-31(24(29)34)19-8-3-2-6-16(18)19/h2-8,13,20,22H,9-12,14H2,1H3,(H2,29,34)(H,30,35)/t20-,22+,26-/m0/s1. The quantitative estimate of drug-likeness (QED) is 0.483. The van der Waals surface area contributed by atoms with Crippen LogP contribution in [-0.2, 0) is 16.0 Å². The van der Waals surface area contributed by atoms with Gasteiger partial charge in [-0.25, -0.2) is 14.0 Å². The van der Waals surface area contributed by atoms with Gasteiger partial charge in [-0.05, 0) is 37.0 Å². The largest absolute Gasteiger partial charge is 0.384 e. The van der Waals surface area contributed by atoms with Gasteiger partial charge in [-0.15, -0.1) is 0 Å². The third kappa shape index (κ3) is 4.12. The summed E-state index contributed by atoms with van der Waals surface area (Å²) in [7, 11) is 1.60. The zero-order chi connectivity index (χ0) is 25.6. The van der Waals surface area contributed by atoms with Crippen LogP contribution >= 0.6 is 11.6 Å². The number of primary amides is 1. The van der Waals surface area contributed by atoms with Crippen LogP contribution in [0.4, 0.5) is 19.7 Å². The lowest BCUT2D eigenvalue weighted by Gasteiger charge is -2.27. The van der Waals surface area contributed by atoms with Crippen LogP contribution in [0, 0.1) is 11.2 Å². The number of aromatic nitrogens is 1. The molecule has 2 heterocycles. The first-order valence-corrected chi connectivity index (χ1v) is 12.1. The zero-order valence-corrected chi connectivity index (χ0v) is 20.4. The Kier molecular flexibility index (Phi) is 6.22. The number of methoxy groups -OCH3 is 1. The van der Waals surface area contributed by atoms with E-state index < -0.39 is 23.9 Å². The molecule has 2 fully saturated rings. The van der Waals surface area contributed by atoms with E-state index in [0.717, 1.165) is 6.42 Å². The van der Waals surface area contributed by atoms with E-state index in [9.17, 15) is 18.8 Å². The fourth-order valence-corrected chi connectivity index (χ4v) is 5.69. The summed E-state index contributed by atoms with van der Waals surface area (Å²) >= 11 is 5.87. The summed E-state index contributed by atoms with van der Waals surface area (Å²) in [4.78, 5) is 40.3. The Labute approximate surface area is 212 Å². The lowest BCUT2D eigenvalue weighted by Crippen LogP contribution is -2.45. The van der Waals surface area contributed by atoms with E-state index in [1.807, 2.05) is 0 Å². The van der Waals surface area contributed by atoms with Crippen LogP contribution in [0.1, 0.15) is 24.8 Å². The van der Waals surface area contributed by atoms with Crippen LogP contribution in [0.15, 0.2) is 48.7 Å². The maximum Gasteiger partial charge on any atom is 0.323 e. The van der Waals surface area contributed by atoms with Crippen LogP contribution < -0.4 is 11.1 Å². The van der Waals surface area contributed by atoms with Crippen LogP contribution in [0.3, 0.4) is 0 Å². The van der Waals surface area contributed by atoms with E-state index in [2.05, 4.69) is 5.32 Å². The number of urea groups is 1. The van der Waals surface area contributed by atoms with E-state index in [4.69, 9.17) is 22.1 Å². The molecule has 1 saturated carbocycles. The minimum Gasteiger partial charge on any atom is -0.384 e. The third-order valence-electron chi connectivity index (χ3n) is 7.32. The Hall–Kier alpha value is -3.43. The summed E-state index contributed by atoms with van der Waals surface area (Å²) in [6.07, 6.45) is 2.96. The highest BCUT2D eigenvalue weighted by Crippen LogP contribution is 2.60. The van der Waals surface area contributed by atoms with Gasteiger partial charge in [0.05, 0.1) is 28.9 Å². The summed E-state index contributed by atoms with van der Waals surface area (Å²) in [6.45, 7) is 0.440. The zero-order valence-electron chi connectivity index (χ0n) is 19.7.